The standard InChI is InChI=1S/C22H26Cl2N2O11/c1-26-8-13(12-6-10(23)7-15(24)14(12)9-26)11-4-2-3-5-16(11)25-17(27)19(30,31)21(34,35)22(36,37)20(32,33)18(28)29/h2-7,13,18,28-37H,8-9H2,1H3,(H,25,27). The topological polar surface area (TPSA) is 235 Å². The Hall–Kier alpha value is -1.95. The summed E-state index contributed by atoms with van der Waals surface area (Å²) in [7, 11) is 1.81. The molecule has 15 heteroatoms. The van der Waals surface area contributed by atoms with Gasteiger partial charge in [0.1, 0.15) is 0 Å². The zero-order valence-electron chi connectivity index (χ0n) is 19.1. The lowest BCUT2D eigenvalue weighted by Gasteiger charge is -2.46. The maximum Gasteiger partial charge on any atom is 0.306 e. The number of likely N-dealkylation sites (N-methyl/N-ethyl adjacent to an activating group) is 1. The molecular formula is C22H26Cl2N2O11. The summed E-state index contributed by atoms with van der Waals surface area (Å²) in [6.45, 7) is 0.881. The highest BCUT2D eigenvalue weighted by Gasteiger charge is 2.74. The van der Waals surface area contributed by atoms with Gasteiger partial charge in [-0.25, -0.2) is 0 Å². The predicted octanol–water partition coefficient (Wildman–Crippen LogP) is -2.46. The number of rotatable bonds is 7. The third kappa shape index (κ3) is 4.95. The van der Waals surface area contributed by atoms with Crippen LogP contribution in [0.25, 0.3) is 0 Å². The Morgan fingerprint density at radius 3 is 2.16 bits per heavy atom. The molecule has 1 unspecified atom stereocenters. The van der Waals surface area contributed by atoms with Crippen LogP contribution in [0.1, 0.15) is 22.6 Å². The zero-order valence-corrected chi connectivity index (χ0v) is 20.6. The fraction of sp³-hybridized carbons (Fsp3) is 0.409. The van der Waals surface area contributed by atoms with Gasteiger partial charge in [-0.3, -0.25) is 4.79 Å². The van der Waals surface area contributed by atoms with Gasteiger partial charge >= 0.3 is 5.79 Å². The van der Waals surface area contributed by atoms with E-state index in [-0.39, 0.29) is 5.69 Å². The SMILES string of the molecule is CN1Cc2c(Cl)cc(Cl)cc2C(c2ccccc2NC(=O)C(O)(O)C(O)(O)C(O)(O)C(O)(O)C(O)O)C1. The lowest BCUT2D eigenvalue weighted by Crippen LogP contribution is -2.80. The lowest BCUT2D eigenvalue weighted by molar-refractivity contribution is -0.515. The van der Waals surface area contributed by atoms with E-state index in [1.165, 1.54) is 12.1 Å². The van der Waals surface area contributed by atoms with E-state index in [1.54, 1.807) is 24.3 Å². The smallest absolute Gasteiger partial charge is 0.306 e. The van der Waals surface area contributed by atoms with Crippen LogP contribution in [0.3, 0.4) is 0 Å². The predicted molar refractivity (Wildman–Crippen MR) is 127 cm³/mol. The van der Waals surface area contributed by atoms with E-state index in [4.69, 9.17) is 33.4 Å². The van der Waals surface area contributed by atoms with Gasteiger partial charge in [-0.2, -0.15) is 0 Å². The van der Waals surface area contributed by atoms with Crippen LogP contribution in [0.2, 0.25) is 10.0 Å². The molecule has 2 aromatic rings. The molecule has 2 aromatic carbocycles. The number of halogens is 2. The Bertz CT molecular complexity index is 1190. The van der Waals surface area contributed by atoms with Gasteiger partial charge in [0, 0.05) is 34.7 Å². The van der Waals surface area contributed by atoms with Gasteiger partial charge in [0.25, 0.3) is 23.3 Å². The number of carbonyl (C=O) groups excluding carboxylic acids is 1. The van der Waals surface area contributed by atoms with Crippen molar-refractivity contribution in [3.05, 3.63) is 63.1 Å². The van der Waals surface area contributed by atoms with Crippen molar-refractivity contribution in [2.75, 3.05) is 18.9 Å². The second-order valence-electron chi connectivity index (χ2n) is 8.86. The Morgan fingerprint density at radius 2 is 1.57 bits per heavy atom. The van der Waals surface area contributed by atoms with Crippen molar-refractivity contribution in [2.24, 2.45) is 0 Å². The average Bonchev–Trinajstić information content (AvgIpc) is 2.79. The summed E-state index contributed by atoms with van der Waals surface area (Å²) in [6, 6.07) is 9.22. The Balaban J connectivity index is 2.02. The molecule has 0 radical (unpaired) electrons. The highest BCUT2D eigenvalue weighted by atomic mass is 35.5. The number of amides is 1. The first-order valence-electron chi connectivity index (χ1n) is 10.6. The van der Waals surface area contributed by atoms with Crippen LogP contribution >= 0.6 is 23.2 Å². The summed E-state index contributed by atoms with van der Waals surface area (Å²) >= 11 is 12.6. The minimum atomic E-state index is -4.90. The summed E-state index contributed by atoms with van der Waals surface area (Å²) in [5.41, 5.74) is 1.77. The summed E-state index contributed by atoms with van der Waals surface area (Å²) in [6.07, 6.45) is -3.46. The van der Waals surface area contributed by atoms with E-state index < -0.39 is 41.3 Å². The van der Waals surface area contributed by atoms with Crippen LogP contribution in [-0.4, -0.2) is 105 Å². The van der Waals surface area contributed by atoms with Crippen molar-refractivity contribution < 1.29 is 55.9 Å². The molecule has 1 amide bonds. The number of hydrogen-bond acceptors (Lipinski definition) is 12. The summed E-state index contributed by atoms with van der Waals surface area (Å²) in [5.74, 6) is -21.5. The molecule has 0 saturated carbocycles. The normalized spacial score (nSPS) is 17.6. The van der Waals surface area contributed by atoms with Gasteiger partial charge in [0.05, 0.1) is 0 Å². The van der Waals surface area contributed by atoms with Crippen molar-refractivity contribution in [1.29, 1.82) is 0 Å². The molecular weight excluding hydrogens is 539 g/mol. The summed E-state index contributed by atoms with van der Waals surface area (Å²) in [4.78, 5) is 14.7. The van der Waals surface area contributed by atoms with Crippen LogP contribution in [0.5, 0.6) is 0 Å². The van der Waals surface area contributed by atoms with Gasteiger partial charge < -0.3 is 61.3 Å². The number of aliphatic hydroxyl groups is 10. The van der Waals surface area contributed by atoms with Gasteiger partial charge in [0.15, 0.2) is 0 Å². The van der Waals surface area contributed by atoms with E-state index in [2.05, 4.69) is 0 Å². The van der Waals surface area contributed by atoms with Gasteiger partial charge in [-0.15, -0.1) is 0 Å². The average molecular weight is 565 g/mol. The fourth-order valence-corrected chi connectivity index (χ4v) is 4.64. The molecule has 1 aliphatic rings. The number of fused-ring (bicyclic) bond motifs is 1. The molecule has 0 bridgehead atoms. The molecule has 0 spiro atoms. The first kappa shape index (κ1) is 29.6. The van der Waals surface area contributed by atoms with Crippen LogP contribution in [-0.2, 0) is 11.3 Å². The number of aliphatic hydroxyl groups excluding tert-OH is 1. The van der Waals surface area contributed by atoms with Crippen LogP contribution in [0, 0.1) is 0 Å². The van der Waals surface area contributed by atoms with Crippen molar-refractivity contribution in [3.8, 4) is 0 Å². The second kappa shape index (κ2) is 9.98. The first-order chi connectivity index (χ1) is 16.9. The molecule has 1 heterocycles. The number of para-hydroxylation sites is 1. The zero-order chi connectivity index (χ0) is 28.1. The Kier molecular flexibility index (Phi) is 7.98. The maximum atomic E-state index is 12.8. The van der Waals surface area contributed by atoms with Crippen LogP contribution in [0.15, 0.2) is 36.4 Å². The molecule has 204 valence electrons. The molecule has 37 heavy (non-hydrogen) atoms. The van der Waals surface area contributed by atoms with E-state index in [1.807, 2.05) is 17.3 Å². The fourth-order valence-electron chi connectivity index (χ4n) is 4.07. The minimum Gasteiger partial charge on any atom is -0.364 e. The first-order valence-corrected chi connectivity index (χ1v) is 11.3. The van der Waals surface area contributed by atoms with E-state index in [9.17, 15) is 45.6 Å². The Morgan fingerprint density at radius 1 is 0.973 bits per heavy atom. The highest BCUT2D eigenvalue weighted by molar-refractivity contribution is 6.35. The third-order valence-electron chi connectivity index (χ3n) is 6.24. The number of hydrogen-bond donors (Lipinski definition) is 11. The van der Waals surface area contributed by atoms with Crippen molar-refractivity contribution in [2.45, 2.75) is 41.9 Å². The molecule has 3 rings (SSSR count). The van der Waals surface area contributed by atoms with Crippen LogP contribution in [0.4, 0.5) is 5.69 Å². The maximum absolute atomic E-state index is 12.8. The van der Waals surface area contributed by atoms with Crippen LogP contribution < -0.4 is 5.32 Å². The van der Waals surface area contributed by atoms with E-state index in [0.717, 1.165) is 5.56 Å². The van der Waals surface area contributed by atoms with Gasteiger partial charge in [0.2, 0.25) is 6.29 Å². The Labute approximate surface area is 219 Å². The van der Waals surface area contributed by atoms with Gasteiger partial charge in [-0.1, -0.05) is 41.4 Å². The van der Waals surface area contributed by atoms with Crippen molar-refractivity contribution in [1.82, 2.24) is 4.90 Å². The molecule has 13 nitrogen and oxygen atoms in total. The van der Waals surface area contributed by atoms with Crippen molar-refractivity contribution in [3.63, 3.8) is 0 Å². The number of nitrogens with zero attached hydrogens (tertiary/aromatic N) is 1. The minimum absolute atomic E-state index is 0.0824. The number of carbonyl (C=O) groups is 1. The van der Waals surface area contributed by atoms with E-state index in [0.29, 0.717) is 34.3 Å². The van der Waals surface area contributed by atoms with E-state index >= 15 is 0 Å². The monoisotopic (exact) mass is 564 g/mol. The van der Waals surface area contributed by atoms with Gasteiger partial charge in [-0.05, 0) is 41.9 Å². The molecule has 0 saturated heterocycles. The highest BCUT2D eigenvalue weighted by Crippen LogP contribution is 2.41. The number of nitrogens with one attached hydrogen (secondary N) is 1. The third-order valence-corrected chi connectivity index (χ3v) is 6.79. The number of benzene rings is 2. The molecule has 0 aromatic heterocycles. The second-order valence-corrected chi connectivity index (χ2v) is 9.71. The molecule has 11 N–H and O–H groups in total. The quantitative estimate of drug-likeness (QED) is 0.157. The molecule has 1 aliphatic heterocycles. The molecule has 0 fully saturated rings. The lowest BCUT2D eigenvalue weighted by atomic mass is 9.83. The number of anilines is 1. The summed E-state index contributed by atoms with van der Waals surface area (Å²) in [5, 5.41) is 100. The molecule has 1 atom stereocenters. The molecule has 0 aliphatic carbocycles. The van der Waals surface area contributed by atoms with Crippen molar-refractivity contribution >= 4 is 34.8 Å². The largest absolute Gasteiger partial charge is 0.364 e. The summed E-state index contributed by atoms with van der Waals surface area (Å²) < 4.78 is 0.